The van der Waals surface area contributed by atoms with Crippen LogP contribution in [0.25, 0.3) is 0 Å². The number of aromatic nitrogens is 4. The van der Waals surface area contributed by atoms with Crippen LogP contribution in [0.4, 0.5) is 0 Å². The van der Waals surface area contributed by atoms with E-state index in [4.69, 9.17) is 30.6 Å². The molecular weight excluding hydrogens is 724 g/mol. The molecule has 0 fully saturated rings. The van der Waals surface area contributed by atoms with Crippen LogP contribution in [0.1, 0.15) is 11.4 Å². The van der Waals surface area contributed by atoms with E-state index in [1.807, 2.05) is 85.2 Å². The Bertz CT molecular complexity index is 950. The number of pyridine rings is 4. The van der Waals surface area contributed by atoms with E-state index < -0.39 is 10.2 Å². The van der Waals surface area contributed by atoms with Crippen molar-refractivity contribution in [2.75, 3.05) is 0 Å². The van der Waals surface area contributed by atoms with Crippen molar-refractivity contribution in [3.8, 4) is 0 Å². The third-order valence-corrected chi connectivity index (χ3v) is 5.42. The molecule has 0 aliphatic heterocycles. The van der Waals surface area contributed by atoms with Crippen LogP contribution >= 0.6 is 23.5 Å². The minimum absolute atomic E-state index is 0. The second-order valence-corrected chi connectivity index (χ2v) is 7.99. The molecule has 0 atom stereocenters. The minimum Gasteiger partial charge on any atom is -0.356 e. The van der Waals surface area contributed by atoms with Gasteiger partial charge in [0.25, 0.3) is 0 Å². The fraction of sp³-hybridized carbons (Fsp3) is 0.0909. The zero-order chi connectivity index (χ0) is 26.4. The van der Waals surface area contributed by atoms with Gasteiger partial charge in [0.1, 0.15) is 0 Å². The summed E-state index contributed by atoms with van der Waals surface area (Å²) in [4.78, 5) is 33.4. The van der Waals surface area contributed by atoms with E-state index in [2.05, 4.69) is 19.9 Å². The summed E-state index contributed by atoms with van der Waals surface area (Å²) in [5.41, 5.74) is 2.17. The van der Waals surface area contributed by atoms with Crippen molar-refractivity contribution in [1.29, 1.82) is 0 Å². The van der Waals surface area contributed by atoms with E-state index >= 15 is 0 Å². The van der Waals surface area contributed by atoms with Crippen molar-refractivity contribution < 1.29 is 54.9 Å². The van der Waals surface area contributed by atoms with E-state index in [0.29, 0.717) is 0 Å². The summed E-state index contributed by atoms with van der Waals surface area (Å²) in [6, 6.07) is 23.7. The molecule has 208 valence electrons. The molecule has 12 nitrogen and oxygen atoms in total. The maximum absolute atomic E-state index is 8.25. The van der Waals surface area contributed by atoms with Gasteiger partial charge in [-0.25, -0.2) is 9.97 Å². The molecular formula is C22H20Ag2N6O6S2. The van der Waals surface area contributed by atoms with Gasteiger partial charge in [-0.1, -0.05) is 24.3 Å². The van der Waals surface area contributed by atoms with E-state index in [1.165, 1.54) is 0 Å². The molecule has 4 heterocycles. The smallest absolute Gasteiger partial charge is 0.356 e. The first kappa shape index (κ1) is 37.3. The number of hydrogen-bond donors (Lipinski definition) is 0. The average Bonchev–Trinajstić information content (AvgIpc) is 2.89. The molecule has 0 aromatic carbocycles. The standard InChI is InChI=1S/2C11H10N2S.2Ag.2NO3/c2*1-3-7-12-10(5-1)9-14-11-6-2-4-8-13-11;;;2*2-1(3)4/h2*1-8H,9H2;;;;/q;;2*+1;2*-1. The van der Waals surface area contributed by atoms with Gasteiger partial charge in [-0.05, 0) is 48.5 Å². The molecule has 4 rings (SSSR count). The van der Waals surface area contributed by atoms with Gasteiger partial charge in [0.05, 0.1) is 31.6 Å². The van der Waals surface area contributed by atoms with Crippen LogP contribution in [0.2, 0.25) is 0 Å². The van der Waals surface area contributed by atoms with Gasteiger partial charge < -0.3 is 30.6 Å². The summed E-state index contributed by atoms with van der Waals surface area (Å²) in [6.45, 7) is 0. The van der Waals surface area contributed by atoms with Crippen LogP contribution < -0.4 is 0 Å². The third-order valence-electron chi connectivity index (χ3n) is 3.46. The van der Waals surface area contributed by atoms with Gasteiger partial charge in [-0.15, -0.1) is 23.5 Å². The zero-order valence-electron chi connectivity index (χ0n) is 19.2. The van der Waals surface area contributed by atoms with Crippen molar-refractivity contribution >= 4 is 23.5 Å². The van der Waals surface area contributed by atoms with Crippen molar-refractivity contribution in [3.63, 3.8) is 0 Å². The van der Waals surface area contributed by atoms with E-state index in [0.717, 1.165) is 32.9 Å². The van der Waals surface area contributed by atoms with Crippen molar-refractivity contribution in [1.82, 2.24) is 19.9 Å². The Labute approximate surface area is 258 Å². The fourth-order valence-electron chi connectivity index (χ4n) is 2.13. The Balaban J connectivity index is 0. The number of hydrogen-bond acceptors (Lipinski definition) is 12. The first-order valence-electron chi connectivity index (χ1n) is 9.87. The second kappa shape index (κ2) is 24.5. The number of rotatable bonds is 6. The molecule has 0 saturated carbocycles. The average molecular weight is 744 g/mol. The van der Waals surface area contributed by atoms with Crippen LogP contribution in [0.15, 0.2) is 108 Å². The van der Waals surface area contributed by atoms with Crippen LogP contribution in [-0.2, 0) is 56.3 Å². The Hall–Kier alpha value is -2.82. The maximum atomic E-state index is 8.25. The minimum atomic E-state index is -1.75. The molecule has 0 saturated heterocycles. The first-order chi connectivity index (χ1) is 17.4. The van der Waals surface area contributed by atoms with Crippen molar-refractivity contribution in [3.05, 3.63) is 140 Å². The van der Waals surface area contributed by atoms with Gasteiger partial charge in [0, 0.05) is 36.3 Å². The topological polar surface area (TPSA) is 184 Å². The molecule has 0 aliphatic carbocycles. The Morgan fingerprint density at radius 1 is 0.526 bits per heavy atom. The van der Waals surface area contributed by atoms with Crippen molar-refractivity contribution in [2.24, 2.45) is 0 Å². The maximum Gasteiger partial charge on any atom is 1.00 e. The van der Waals surface area contributed by atoms with Crippen LogP contribution in [0, 0.1) is 30.6 Å². The summed E-state index contributed by atoms with van der Waals surface area (Å²) < 4.78 is 0. The molecule has 0 spiro atoms. The predicted octanol–water partition coefficient (Wildman–Crippen LogP) is 5.05. The normalized spacial score (nSPS) is 8.63. The summed E-state index contributed by atoms with van der Waals surface area (Å²) in [6.07, 6.45) is 7.24. The summed E-state index contributed by atoms with van der Waals surface area (Å²) in [5, 5.41) is 31.6. The summed E-state index contributed by atoms with van der Waals surface area (Å²) in [5.74, 6) is 1.75. The predicted molar refractivity (Wildman–Crippen MR) is 137 cm³/mol. The largest absolute Gasteiger partial charge is 1.00 e. The van der Waals surface area contributed by atoms with Gasteiger partial charge in [-0.3, -0.25) is 9.97 Å². The quantitative estimate of drug-likeness (QED) is 0.111. The number of thioether (sulfide) groups is 2. The molecule has 38 heavy (non-hydrogen) atoms. The molecule has 0 aliphatic rings. The Morgan fingerprint density at radius 2 is 0.816 bits per heavy atom. The summed E-state index contributed by atoms with van der Waals surface area (Å²) in [7, 11) is 0. The monoisotopic (exact) mass is 742 g/mol. The van der Waals surface area contributed by atoms with E-state index in [9.17, 15) is 0 Å². The molecule has 0 bridgehead atoms. The molecule has 16 heteroatoms. The third kappa shape index (κ3) is 22.4. The van der Waals surface area contributed by atoms with Crippen LogP contribution in [0.3, 0.4) is 0 Å². The first-order valence-corrected chi connectivity index (χ1v) is 11.8. The molecule has 4 aromatic rings. The van der Waals surface area contributed by atoms with Crippen LogP contribution in [0.5, 0.6) is 0 Å². The molecule has 4 aromatic heterocycles. The van der Waals surface area contributed by atoms with Crippen LogP contribution in [-0.4, -0.2) is 30.1 Å². The molecule has 0 radical (unpaired) electrons. The van der Waals surface area contributed by atoms with Gasteiger partial charge >= 0.3 is 44.8 Å². The molecule has 0 amide bonds. The fourth-order valence-corrected chi connectivity index (χ4v) is 3.68. The van der Waals surface area contributed by atoms with Gasteiger partial charge in [0.2, 0.25) is 0 Å². The summed E-state index contributed by atoms with van der Waals surface area (Å²) >= 11 is 3.40. The molecule has 0 N–H and O–H groups in total. The van der Waals surface area contributed by atoms with Gasteiger partial charge in [-0.2, -0.15) is 0 Å². The van der Waals surface area contributed by atoms with E-state index in [1.54, 1.807) is 35.9 Å². The number of nitrogens with zero attached hydrogens (tertiary/aromatic N) is 6. The van der Waals surface area contributed by atoms with Gasteiger partial charge in [0.15, 0.2) is 0 Å². The SMILES string of the molecule is O=[N+]([O-])[O-].O=[N+]([O-])[O-].[Ag+].[Ag+].c1ccc(CSc2ccccn2)nc1.c1ccc(CSc2ccccn2)nc1. The Kier molecular flexibility index (Phi) is 24.1. The molecule has 0 unspecified atom stereocenters. The Morgan fingerprint density at radius 3 is 1.05 bits per heavy atom. The van der Waals surface area contributed by atoms with E-state index in [-0.39, 0.29) is 44.8 Å². The zero-order valence-corrected chi connectivity index (χ0v) is 23.8. The second-order valence-electron chi connectivity index (χ2n) is 6.00. The van der Waals surface area contributed by atoms with Crippen molar-refractivity contribution in [2.45, 2.75) is 21.6 Å².